The molecule has 1 aromatic heterocycles. The van der Waals surface area contributed by atoms with Crippen LogP contribution in [0.1, 0.15) is 26.7 Å². The van der Waals surface area contributed by atoms with Gasteiger partial charge >= 0.3 is 0 Å². The van der Waals surface area contributed by atoms with E-state index < -0.39 is 0 Å². The van der Waals surface area contributed by atoms with Gasteiger partial charge in [0.05, 0.1) is 12.9 Å². The average molecular weight is 275 g/mol. The van der Waals surface area contributed by atoms with Crippen LogP contribution in [-0.2, 0) is 0 Å². The lowest BCUT2D eigenvalue weighted by molar-refractivity contribution is 0.241. The van der Waals surface area contributed by atoms with Crippen LogP contribution < -0.4 is 10.3 Å². The third-order valence-corrected chi connectivity index (χ3v) is 2.75. The van der Waals surface area contributed by atoms with Crippen molar-refractivity contribution in [3.8, 4) is 5.88 Å². The Balaban J connectivity index is 2.58. The molecule has 0 aliphatic carbocycles. The number of rotatable bonds is 5. The number of halogens is 1. The number of ether oxygens (including phenoxy) is 1. The van der Waals surface area contributed by atoms with Crippen LogP contribution in [0.15, 0.2) is 15.6 Å². The van der Waals surface area contributed by atoms with E-state index in [0.717, 1.165) is 12.8 Å². The van der Waals surface area contributed by atoms with Crippen LogP contribution in [-0.4, -0.2) is 16.6 Å². The lowest BCUT2D eigenvalue weighted by Gasteiger charge is -2.11. The molecule has 1 unspecified atom stereocenters. The van der Waals surface area contributed by atoms with Gasteiger partial charge in [0, 0.05) is 0 Å². The Bertz CT molecular complexity index is 365. The van der Waals surface area contributed by atoms with Gasteiger partial charge in [-0.15, -0.1) is 0 Å². The van der Waals surface area contributed by atoms with Crippen molar-refractivity contribution in [1.29, 1.82) is 0 Å². The number of hydrogen-bond acceptors (Lipinski definition) is 3. The van der Waals surface area contributed by atoms with Gasteiger partial charge in [-0.1, -0.05) is 20.3 Å². The molecule has 1 rings (SSSR count). The molecule has 0 saturated heterocycles. The number of H-pyrrole nitrogens is 1. The molecule has 0 aliphatic heterocycles. The molecule has 0 fully saturated rings. The van der Waals surface area contributed by atoms with Gasteiger partial charge in [0.1, 0.15) is 4.47 Å². The SMILES string of the molecule is CCCC(C)COc1nc[nH]c(=O)c1Br. The van der Waals surface area contributed by atoms with Gasteiger partial charge in [0.25, 0.3) is 5.56 Å². The van der Waals surface area contributed by atoms with Crippen LogP contribution in [0.4, 0.5) is 0 Å². The lowest BCUT2D eigenvalue weighted by Crippen LogP contribution is -2.13. The Labute approximate surface area is 97.2 Å². The topological polar surface area (TPSA) is 55.0 Å². The molecule has 84 valence electrons. The van der Waals surface area contributed by atoms with Crippen LogP contribution in [0.5, 0.6) is 5.88 Å². The summed E-state index contributed by atoms with van der Waals surface area (Å²) in [5.41, 5.74) is -0.219. The van der Waals surface area contributed by atoms with Gasteiger partial charge in [0.2, 0.25) is 5.88 Å². The fourth-order valence-electron chi connectivity index (χ4n) is 1.26. The van der Waals surface area contributed by atoms with Gasteiger partial charge in [0.15, 0.2) is 0 Å². The quantitative estimate of drug-likeness (QED) is 0.897. The summed E-state index contributed by atoms with van der Waals surface area (Å²) in [6.45, 7) is 4.84. The maximum atomic E-state index is 11.2. The zero-order valence-corrected chi connectivity index (χ0v) is 10.5. The van der Waals surface area contributed by atoms with E-state index in [-0.39, 0.29) is 5.56 Å². The normalized spacial score (nSPS) is 12.5. The second-order valence-corrected chi connectivity index (χ2v) is 4.35. The number of nitrogens with zero attached hydrogens (tertiary/aromatic N) is 1. The van der Waals surface area contributed by atoms with Gasteiger partial charge in [-0.3, -0.25) is 4.79 Å². The van der Waals surface area contributed by atoms with Crippen molar-refractivity contribution < 1.29 is 4.74 Å². The zero-order valence-electron chi connectivity index (χ0n) is 8.92. The summed E-state index contributed by atoms with van der Waals surface area (Å²) in [6.07, 6.45) is 3.59. The number of aromatic nitrogens is 2. The summed E-state index contributed by atoms with van der Waals surface area (Å²) in [7, 11) is 0. The number of hydrogen-bond donors (Lipinski definition) is 1. The second kappa shape index (κ2) is 5.90. The van der Waals surface area contributed by atoms with E-state index in [0.29, 0.717) is 22.9 Å². The molecule has 0 saturated carbocycles. The van der Waals surface area contributed by atoms with Crippen molar-refractivity contribution in [2.24, 2.45) is 5.92 Å². The smallest absolute Gasteiger partial charge is 0.268 e. The minimum absolute atomic E-state index is 0.219. The highest BCUT2D eigenvalue weighted by Crippen LogP contribution is 2.17. The predicted molar refractivity (Wildman–Crippen MR) is 62.1 cm³/mol. The molecule has 5 heteroatoms. The van der Waals surface area contributed by atoms with E-state index in [1.54, 1.807) is 0 Å². The van der Waals surface area contributed by atoms with E-state index >= 15 is 0 Å². The predicted octanol–water partition coefficient (Wildman–Crippen LogP) is 2.35. The molecule has 0 aromatic carbocycles. The average Bonchev–Trinajstić information content (AvgIpc) is 2.21. The van der Waals surface area contributed by atoms with E-state index in [9.17, 15) is 4.79 Å². The van der Waals surface area contributed by atoms with Crippen molar-refractivity contribution in [1.82, 2.24) is 9.97 Å². The molecule has 15 heavy (non-hydrogen) atoms. The number of aromatic amines is 1. The largest absolute Gasteiger partial charge is 0.476 e. The van der Waals surface area contributed by atoms with Crippen LogP contribution >= 0.6 is 15.9 Å². The summed E-state index contributed by atoms with van der Waals surface area (Å²) in [6, 6.07) is 0. The molecule has 0 spiro atoms. The summed E-state index contributed by atoms with van der Waals surface area (Å²) in [4.78, 5) is 17.6. The molecule has 0 radical (unpaired) electrons. The van der Waals surface area contributed by atoms with Gasteiger partial charge in [-0.2, -0.15) is 0 Å². The van der Waals surface area contributed by atoms with E-state index in [4.69, 9.17) is 4.74 Å². The van der Waals surface area contributed by atoms with Crippen molar-refractivity contribution in [3.63, 3.8) is 0 Å². The molecule has 1 atom stereocenters. The Morgan fingerprint density at radius 3 is 3.07 bits per heavy atom. The first-order chi connectivity index (χ1) is 7.15. The Morgan fingerprint density at radius 1 is 1.67 bits per heavy atom. The lowest BCUT2D eigenvalue weighted by atomic mass is 10.1. The molecule has 1 N–H and O–H groups in total. The van der Waals surface area contributed by atoms with Crippen molar-refractivity contribution in [2.75, 3.05) is 6.61 Å². The van der Waals surface area contributed by atoms with E-state index in [1.807, 2.05) is 0 Å². The molecular formula is C10H15BrN2O2. The Hall–Kier alpha value is -0.840. The Morgan fingerprint density at radius 2 is 2.40 bits per heavy atom. The summed E-state index contributed by atoms with van der Waals surface area (Å²) < 4.78 is 5.81. The third kappa shape index (κ3) is 3.66. The highest BCUT2D eigenvalue weighted by Gasteiger charge is 2.08. The van der Waals surface area contributed by atoms with Gasteiger partial charge in [-0.05, 0) is 28.3 Å². The van der Waals surface area contributed by atoms with E-state index in [2.05, 4.69) is 39.7 Å². The van der Waals surface area contributed by atoms with Crippen LogP contribution in [0.2, 0.25) is 0 Å². The first-order valence-electron chi connectivity index (χ1n) is 5.01. The summed E-state index contributed by atoms with van der Waals surface area (Å²) in [5, 5.41) is 0. The minimum Gasteiger partial charge on any atom is -0.476 e. The van der Waals surface area contributed by atoms with Crippen molar-refractivity contribution in [2.45, 2.75) is 26.7 Å². The third-order valence-electron chi connectivity index (χ3n) is 2.05. The molecular weight excluding hydrogens is 260 g/mol. The van der Waals surface area contributed by atoms with E-state index in [1.165, 1.54) is 6.33 Å². The highest BCUT2D eigenvalue weighted by molar-refractivity contribution is 9.10. The molecule has 1 aromatic rings. The minimum atomic E-state index is -0.219. The van der Waals surface area contributed by atoms with Crippen LogP contribution in [0.25, 0.3) is 0 Å². The maximum absolute atomic E-state index is 11.2. The number of nitrogens with one attached hydrogen (secondary N) is 1. The zero-order chi connectivity index (χ0) is 11.3. The fourth-order valence-corrected chi connectivity index (χ4v) is 1.60. The van der Waals surface area contributed by atoms with Crippen LogP contribution in [0.3, 0.4) is 0 Å². The van der Waals surface area contributed by atoms with Crippen molar-refractivity contribution in [3.05, 3.63) is 21.2 Å². The molecule has 4 nitrogen and oxygen atoms in total. The molecule has 0 bridgehead atoms. The van der Waals surface area contributed by atoms with Crippen LogP contribution in [0, 0.1) is 5.92 Å². The van der Waals surface area contributed by atoms with Crippen molar-refractivity contribution >= 4 is 15.9 Å². The highest BCUT2D eigenvalue weighted by atomic mass is 79.9. The fraction of sp³-hybridized carbons (Fsp3) is 0.600. The first-order valence-corrected chi connectivity index (χ1v) is 5.80. The standard InChI is InChI=1S/C10H15BrN2O2/c1-3-4-7(2)5-15-10-8(11)9(14)12-6-13-10/h6-7H,3-5H2,1-2H3,(H,12,13,14). The molecule has 0 amide bonds. The Kier molecular flexibility index (Phi) is 4.81. The first kappa shape index (κ1) is 12.2. The summed E-state index contributed by atoms with van der Waals surface area (Å²) in [5.74, 6) is 0.838. The summed E-state index contributed by atoms with van der Waals surface area (Å²) >= 11 is 3.14. The van der Waals surface area contributed by atoms with Gasteiger partial charge < -0.3 is 9.72 Å². The molecule has 1 heterocycles. The maximum Gasteiger partial charge on any atom is 0.268 e. The molecule has 0 aliphatic rings. The second-order valence-electron chi connectivity index (χ2n) is 3.56. The van der Waals surface area contributed by atoms with Gasteiger partial charge in [-0.25, -0.2) is 4.98 Å². The monoisotopic (exact) mass is 274 g/mol.